The van der Waals surface area contributed by atoms with Crippen molar-refractivity contribution < 1.29 is 14.3 Å². The molecule has 1 atom stereocenters. The van der Waals surface area contributed by atoms with Crippen LogP contribution in [0.15, 0.2) is 18.2 Å². The number of carbonyl (C=O) groups excluding carboxylic acids is 2. The van der Waals surface area contributed by atoms with Gasteiger partial charge in [-0.05, 0) is 38.8 Å². The molecule has 0 aromatic heterocycles. The van der Waals surface area contributed by atoms with Gasteiger partial charge in [0.15, 0.2) is 0 Å². The number of benzene rings is 1. The van der Waals surface area contributed by atoms with Crippen molar-refractivity contribution in [3.05, 3.63) is 34.9 Å². The lowest BCUT2D eigenvalue weighted by molar-refractivity contribution is -0.113. The number of rotatable bonds is 1. The third-order valence-corrected chi connectivity index (χ3v) is 3.32. The number of aryl methyl sites for hydroxylation is 1. The first kappa shape index (κ1) is 14.6. The van der Waals surface area contributed by atoms with Crippen LogP contribution < -0.4 is 0 Å². The summed E-state index contributed by atoms with van der Waals surface area (Å²) in [4.78, 5) is 25.0. The maximum atomic E-state index is 12.2. The zero-order valence-electron chi connectivity index (χ0n) is 12.5. The van der Waals surface area contributed by atoms with Crippen molar-refractivity contribution in [3.8, 4) is 0 Å². The van der Waals surface area contributed by atoms with Crippen LogP contribution in [0.5, 0.6) is 0 Å². The molecule has 1 aliphatic heterocycles. The summed E-state index contributed by atoms with van der Waals surface area (Å²) in [6, 6.07) is 5.69. The number of aldehydes is 1. The van der Waals surface area contributed by atoms with Gasteiger partial charge in [-0.3, -0.25) is 4.90 Å². The summed E-state index contributed by atoms with van der Waals surface area (Å²) in [6.45, 7) is 7.91. The Balaban J connectivity index is 2.25. The lowest BCUT2D eigenvalue weighted by Gasteiger charge is -2.35. The molecule has 2 rings (SSSR count). The standard InChI is InChI=1S/C16H21NO3/c1-11-5-6-12-8-14(10-18)17(9-13(12)7-11)15(19)20-16(2,3)4/h5-7,10,14H,8-9H2,1-4H3. The third-order valence-electron chi connectivity index (χ3n) is 3.32. The number of ether oxygens (including phenoxy) is 1. The SMILES string of the molecule is Cc1ccc2c(c1)CN(C(=O)OC(C)(C)C)C(C=O)C2. The normalized spacial score (nSPS) is 18.4. The van der Waals surface area contributed by atoms with Crippen molar-refractivity contribution in [3.63, 3.8) is 0 Å². The Morgan fingerprint density at radius 1 is 1.35 bits per heavy atom. The van der Waals surface area contributed by atoms with E-state index in [-0.39, 0.29) is 0 Å². The van der Waals surface area contributed by atoms with Crippen molar-refractivity contribution in [1.29, 1.82) is 0 Å². The number of hydrogen-bond donors (Lipinski definition) is 0. The Kier molecular flexibility index (Phi) is 3.84. The zero-order valence-corrected chi connectivity index (χ0v) is 12.5. The van der Waals surface area contributed by atoms with Gasteiger partial charge in [0.05, 0.1) is 12.6 Å². The molecule has 4 heteroatoms. The molecule has 0 fully saturated rings. The second-order valence-corrected chi connectivity index (χ2v) is 6.29. The molecule has 0 aliphatic carbocycles. The van der Waals surface area contributed by atoms with E-state index in [9.17, 15) is 9.59 Å². The first-order valence-corrected chi connectivity index (χ1v) is 6.83. The first-order valence-electron chi connectivity index (χ1n) is 6.83. The minimum Gasteiger partial charge on any atom is -0.444 e. The van der Waals surface area contributed by atoms with Gasteiger partial charge in [-0.1, -0.05) is 23.8 Å². The number of amides is 1. The van der Waals surface area contributed by atoms with E-state index in [1.54, 1.807) is 0 Å². The van der Waals surface area contributed by atoms with Crippen LogP contribution in [-0.4, -0.2) is 28.9 Å². The number of fused-ring (bicyclic) bond motifs is 1. The molecule has 0 bridgehead atoms. The lowest BCUT2D eigenvalue weighted by atomic mass is 9.93. The van der Waals surface area contributed by atoms with Gasteiger partial charge in [0.25, 0.3) is 0 Å². The van der Waals surface area contributed by atoms with Crippen molar-refractivity contribution in [2.75, 3.05) is 0 Å². The molecule has 108 valence electrons. The van der Waals surface area contributed by atoms with E-state index in [4.69, 9.17) is 4.74 Å². The van der Waals surface area contributed by atoms with Crippen LogP contribution in [0.2, 0.25) is 0 Å². The highest BCUT2D eigenvalue weighted by atomic mass is 16.6. The molecule has 1 heterocycles. The third kappa shape index (κ3) is 3.18. The molecule has 20 heavy (non-hydrogen) atoms. The quantitative estimate of drug-likeness (QED) is 0.740. The molecular weight excluding hydrogens is 254 g/mol. The number of hydrogen-bond acceptors (Lipinski definition) is 3. The topological polar surface area (TPSA) is 46.6 Å². The summed E-state index contributed by atoms with van der Waals surface area (Å²) < 4.78 is 5.38. The van der Waals surface area contributed by atoms with E-state index in [1.807, 2.05) is 39.8 Å². The van der Waals surface area contributed by atoms with Gasteiger partial charge < -0.3 is 9.53 Å². The molecule has 4 nitrogen and oxygen atoms in total. The van der Waals surface area contributed by atoms with E-state index >= 15 is 0 Å². The zero-order chi connectivity index (χ0) is 14.9. The first-order chi connectivity index (χ1) is 9.30. The summed E-state index contributed by atoms with van der Waals surface area (Å²) in [5.74, 6) is 0. The van der Waals surface area contributed by atoms with Gasteiger partial charge in [0, 0.05) is 6.42 Å². The molecule has 1 aromatic carbocycles. The second kappa shape index (κ2) is 5.27. The molecule has 0 spiro atoms. The highest BCUT2D eigenvalue weighted by Gasteiger charge is 2.32. The predicted molar refractivity (Wildman–Crippen MR) is 76.5 cm³/mol. The molecule has 0 saturated heterocycles. The van der Waals surface area contributed by atoms with Gasteiger partial charge in [0.1, 0.15) is 11.9 Å². The molecule has 1 unspecified atom stereocenters. The van der Waals surface area contributed by atoms with Crippen molar-refractivity contribution >= 4 is 12.4 Å². The Hall–Kier alpha value is -1.84. The van der Waals surface area contributed by atoms with Crippen LogP contribution in [0, 0.1) is 6.92 Å². The Bertz CT molecular complexity index is 531. The van der Waals surface area contributed by atoms with Crippen LogP contribution in [0.3, 0.4) is 0 Å². The average Bonchev–Trinajstić information content (AvgIpc) is 2.35. The fraction of sp³-hybridized carbons (Fsp3) is 0.500. The minimum absolute atomic E-state index is 0.426. The largest absolute Gasteiger partial charge is 0.444 e. The monoisotopic (exact) mass is 275 g/mol. The maximum Gasteiger partial charge on any atom is 0.411 e. The van der Waals surface area contributed by atoms with Crippen LogP contribution >= 0.6 is 0 Å². The highest BCUT2D eigenvalue weighted by Crippen LogP contribution is 2.25. The molecule has 0 N–H and O–H groups in total. The van der Waals surface area contributed by atoms with Gasteiger partial charge in [0.2, 0.25) is 0 Å². The summed E-state index contributed by atoms with van der Waals surface area (Å²) >= 11 is 0. The smallest absolute Gasteiger partial charge is 0.411 e. The molecule has 0 radical (unpaired) electrons. The Labute approximate surface area is 119 Å². The van der Waals surface area contributed by atoms with E-state index < -0.39 is 17.7 Å². The number of carbonyl (C=O) groups is 2. The number of nitrogens with zero attached hydrogens (tertiary/aromatic N) is 1. The van der Waals surface area contributed by atoms with Crippen LogP contribution in [0.1, 0.15) is 37.5 Å². The van der Waals surface area contributed by atoms with Crippen molar-refractivity contribution in [1.82, 2.24) is 4.90 Å². The lowest BCUT2D eigenvalue weighted by Crippen LogP contribution is -2.47. The summed E-state index contributed by atoms with van der Waals surface area (Å²) in [7, 11) is 0. The van der Waals surface area contributed by atoms with E-state index in [1.165, 1.54) is 4.90 Å². The highest BCUT2D eigenvalue weighted by molar-refractivity contribution is 5.75. The minimum atomic E-state index is -0.558. The van der Waals surface area contributed by atoms with Crippen LogP contribution in [-0.2, 0) is 22.5 Å². The van der Waals surface area contributed by atoms with Gasteiger partial charge in [-0.15, -0.1) is 0 Å². The summed E-state index contributed by atoms with van der Waals surface area (Å²) in [6.07, 6.45) is 0.951. The van der Waals surface area contributed by atoms with Crippen molar-refractivity contribution in [2.45, 2.75) is 52.3 Å². The summed E-state index contributed by atoms with van der Waals surface area (Å²) in [5.41, 5.74) is 2.82. The average molecular weight is 275 g/mol. The molecule has 1 aliphatic rings. The predicted octanol–water partition coefficient (Wildman–Crippen LogP) is 2.86. The molecular formula is C16H21NO3. The summed E-state index contributed by atoms with van der Waals surface area (Å²) in [5, 5.41) is 0. The fourth-order valence-electron chi connectivity index (χ4n) is 2.38. The Morgan fingerprint density at radius 2 is 2.05 bits per heavy atom. The van der Waals surface area contributed by atoms with E-state index in [2.05, 4.69) is 6.07 Å². The van der Waals surface area contributed by atoms with Gasteiger partial charge >= 0.3 is 6.09 Å². The van der Waals surface area contributed by atoms with E-state index in [0.29, 0.717) is 13.0 Å². The van der Waals surface area contributed by atoms with Crippen LogP contribution in [0.4, 0.5) is 4.79 Å². The molecule has 1 aromatic rings. The maximum absolute atomic E-state index is 12.2. The van der Waals surface area contributed by atoms with Crippen molar-refractivity contribution in [2.24, 2.45) is 0 Å². The fourth-order valence-corrected chi connectivity index (χ4v) is 2.38. The van der Waals surface area contributed by atoms with E-state index in [0.717, 1.165) is 23.0 Å². The molecule has 1 amide bonds. The van der Waals surface area contributed by atoms with Gasteiger partial charge in [-0.25, -0.2) is 4.79 Å². The van der Waals surface area contributed by atoms with Gasteiger partial charge in [-0.2, -0.15) is 0 Å². The Morgan fingerprint density at radius 3 is 2.65 bits per heavy atom. The van der Waals surface area contributed by atoms with Crippen LogP contribution in [0.25, 0.3) is 0 Å². The molecule has 0 saturated carbocycles. The second-order valence-electron chi connectivity index (χ2n) is 6.29.